The van der Waals surface area contributed by atoms with Gasteiger partial charge in [0.05, 0.1) is 6.04 Å². The number of fused-ring (bicyclic) bond motifs is 1. The van der Waals surface area contributed by atoms with E-state index in [-0.39, 0.29) is 18.1 Å². The summed E-state index contributed by atoms with van der Waals surface area (Å²) in [6.45, 7) is 0.989. The summed E-state index contributed by atoms with van der Waals surface area (Å²) in [7, 11) is 0. The normalized spacial score (nSPS) is 25.6. The molecule has 0 unspecified atom stereocenters. The average Bonchev–Trinajstić information content (AvgIpc) is 3.19. The van der Waals surface area contributed by atoms with Crippen LogP contribution in [0.3, 0.4) is 0 Å². The van der Waals surface area contributed by atoms with Crippen LogP contribution in [-0.2, 0) is 4.79 Å². The summed E-state index contributed by atoms with van der Waals surface area (Å²) in [4.78, 5) is 18.3. The predicted molar refractivity (Wildman–Crippen MR) is 85.7 cm³/mol. The molecule has 2 aliphatic rings. The zero-order chi connectivity index (χ0) is 14.4. The van der Waals surface area contributed by atoms with E-state index in [1.54, 1.807) is 11.3 Å². The van der Waals surface area contributed by atoms with Gasteiger partial charge in [-0.05, 0) is 48.6 Å². The highest BCUT2D eigenvalue weighted by atomic mass is 35.5. The molecule has 2 atom stereocenters. The summed E-state index contributed by atoms with van der Waals surface area (Å²) in [5.74, 6) is 0.216. The van der Waals surface area contributed by atoms with Gasteiger partial charge in [0.2, 0.25) is 5.91 Å². The molecule has 108 valence electrons. The van der Waals surface area contributed by atoms with Crippen molar-refractivity contribution in [3.63, 3.8) is 0 Å². The van der Waals surface area contributed by atoms with Crippen LogP contribution in [0, 0.1) is 0 Å². The smallest absolute Gasteiger partial charge is 0.246 e. The van der Waals surface area contributed by atoms with Crippen LogP contribution in [0.25, 0.3) is 0 Å². The molecule has 2 aliphatic heterocycles. The zero-order valence-corrected chi connectivity index (χ0v) is 13.0. The summed E-state index contributed by atoms with van der Waals surface area (Å²) < 4.78 is 0. The molecule has 0 N–H and O–H groups in total. The number of carbonyl (C=O) groups is 1. The molecule has 0 saturated carbocycles. The van der Waals surface area contributed by atoms with Crippen molar-refractivity contribution in [1.29, 1.82) is 0 Å². The van der Waals surface area contributed by atoms with Gasteiger partial charge < -0.3 is 0 Å². The molecule has 3 nitrogen and oxygen atoms in total. The summed E-state index contributed by atoms with van der Waals surface area (Å²) in [5.41, 5.74) is 0.928. The van der Waals surface area contributed by atoms with E-state index in [0.717, 1.165) is 25.1 Å². The van der Waals surface area contributed by atoms with Gasteiger partial charge in [0.15, 0.2) is 0 Å². The lowest BCUT2D eigenvalue weighted by molar-refractivity contribution is -0.119. The van der Waals surface area contributed by atoms with E-state index in [1.165, 1.54) is 4.88 Å². The number of thiophene rings is 1. The van der Waals surface area contributed by atoms with E-state index in [1.807, 2.05) is 35.2 Å². The molecule has 1 aromatic heterocycles. The van der Waals surface area contributed by atoms with Crippen molar-refractivity contribution in [2.45, 2.75) is 25.0 Å². The third-order valence-corrected chi connectivity index (χ3v) is 5.44. The van der Waals surface area contributed by atoms with E-state index < -0.39 is 0 Å². The Morgan fingerprint density at radius 3 is 2.71 bits per heavy atom. The van der Waals surface area contributed by atoms with Crippen LogP contribution in [0.1, 0.15) is 23.9 Å². The molecule has 0 radical (unpaired) electrons. The molecule has 21 heavy (non-hydrogen) atoms. The molecule has 3 heterocycles. The van der Waals surface area contributed by atoms with E-state index in [4.69, 9.17) is 11.6 Å². The second-order valence-corrected chi connectivity index (χ2v) is 6.89. The Kier molecular flexibility index (Phi) is 3.25. The lowest BCUT2D eigenvalue weighted by Gasteiger charge is -2.28. The van der Waals surface area contributed by atoms with Gasteiger partial charge in [-0.25, -0.2) is 0 Å². The van der Waals surface area contributed by atoms with Crippen LogP contribution < -0.4 is 4.90 Å². The van der Waals surface area contributed by atoms with Crippen LogP contribution in [0.2, 0.25) is 5.02 Å². The van der Waals surface area contributed by atoms with Crippen molar-refractivity contribution in [2.24, 2.45) is 0 Å². The molecule has 0 bridgehead atoms. The quantitative estimate of drug-likeness (QED) is 0.838. The molecule has 2 saturated heterocycles. The second-order valence-electron chi connectivity index (χ2n) is 5.47. The van der Waals surface area contributed by atoms with Gasteiger partial charge in [-0.1, -0.05) is 17.7 Å². The Hall–Kier alpha value is -1.36. The van der Waals surface area contributed by atoms with Crippen molar-refractivity contribution < 1.29 is 4.79 Å². The molecule has 2 aromatic rings. The minimum Gasteiger partial charge on any atom is -0.290 e. The molecule has 0 aliphatic carbocycles. The maximum absolute atomic E-state index is 12.8. The van der Waals surface area contributed by atoms with Crippen LogP contribution in [-0.4, -0.2) is 23.4 Å². The third-order valence-electron chi connectivity index (χ3n) is 4.28. The van der Waals surface area contributed by atoms with E-state index in [2.05, 4.69) is 16.3 Å². The molecule has 5 heteroatoms. The number of carbonyl (C=O) groups excluding carboxylic acids is 1. The summed E-state index contributed by atoms with van der Waals surface area (Å²) in [6, 6.07) is 11.8. The molecular formula is C16H15ClN2OS. The van der Waals surface area contributed by atoms with Crippen molar-refractivity contribution >= 4 is 34.5 Å². The standard InChI is InChI=1S/C16H15ClN2OS/c17-11-5-7-12(8-6-11)19-15(14-4-2-10-21-14)18-9-1-3-13(18)16(19)20/h2,4-8,10,13,15H,1,3,9H2/t13-,15+/m0/s1. The first-order chi connectivity index (χ1) is 10.3. The molecule has 1 amide bonds. The lowest BCUT2D eigenvalue weighted by atomic mass is 10.2. The van der Waals surface area contributed by atoms with Crippen LogP contribution in [0.15, 0.2) is 41.8 Å². The maximum atomic E-state index is 12.8. The molecule has 1 aromatic carbocycles. The van der Waals surface area contributed by atoms with Gasteiger partial charge in [0.1, 0.15) is 6.17 Å². The van der Waals surface area contributed by atoms with Crippen LogP contribution >= 0.6 is 22.9 Å². The minimum atomic E-state index is 0.0335. The van der Waals surface area contributed by atoms with Crippen molar-refractivity contribution in [2.75, 3.05) is 11.4 Å². The fraction of sp³-hybridized carbons (Fsp3) is 0.312. The first kappa shape index (κ1) is 13.3. The van der Waals surface area contributed by atoms with Gasteiger partial charge in [-0.15, -0.1) is 11.3 Å². The highest BCUT2D eigenvalue weighted by molar-refractivity contribution is 7.10. The van der Waals surface area contributed by atoms with Gasteiger partial charge >= 0.3 is 0 Å². The number of nitrogens with zero attached hydrogens (tertiary/aromatic N) is 2. The maximum Gasteiger partial charge on any atom is 0.246 e. The minimum absolute atomic E-state index is 0.0335. The van der Waals surface area contributed by atoms with Gasteiger partial charge in [-0.3, -0.25) is 14.6 Å². The molecule has 2 fully saturated rings. The van der Waals surface area contributed by atoms with Crippen LogP contribution in [0.5, 0.6) is 0 Å². The number of amides is 1. The van der Waals surface area contributed by atoms with E-state index in [9.17, 15) is 4.79 Å². The molecule has 4 rings (SSSR count). The predicted octanol–water partition coefficient (Wildman–Crippen LogP) is 3.91. The summed E-state index contributed by atoms with van der Waals surface area (Å²) in [6.07, 6.45) is 2.10. The van der Waals surface area contributed by atoms with Crippen LogP contribution in [0.4, 0.5) is 5.69 Å². The Labute approximate surface area is 132 Å². The largest absolute Gasteiger partial charge is 0.290 e. The topological polar surface area (TPSA) is 23.6 Å². The summed E-state index contributed by atoms with van der Waals surface area (Å²) >= 11 is 7.69. The number of hydrogen-bond donors (Lipinski definition) is 0. The molecule has 0 spiro atoms. The number of rotatable bonds is 2. The SMILES string of the molecule is O=C1[C@@H]2CCCN2[C@@H](c2cccs2)N1c1ccc(Cl)cc1. The Balaban J connectivity index is 1.79. The first-order valence-electron chi connectivity index (χ1n) is 7.13. The van der Waals surface area contributed by atoms with Crippen molar-refractivity contribution in [3.05, 3.63) is 51.7 Å². The second kappa shape index (κ2) is 5.13. The zero-order valence-electron chi connectivity index (χ0n) is 11.4. The highest BCUT2D eigenvalue weighted by Gasteiger charge is 2.49. The highest BCUT2D eigenvalue weighted by Crippen LogP contribution is 2.43. The number of hydrogen-bond acceptors (Lipinski definition) is 3. The number of anilines is 1. The van der Waals surface area contributed by atoms with Gasteiger partial charge in [0, 0.05) is 22.1 Å². The van der Waals surface area contributed by atoms with Crippen molar-refractivity contribution in [1.82, 2.24) is 4.90 Å². The lowest BCUT2D eigenvalue weighted by Crippen LogP contribution is -2.31. The fourth-order valence-corrected chi connectivity index (χ4v) is 4.34. The van der Waals surface area contributed by atoms with Gasteiger partial charge in [-0.2, -0.15) is 0 Å². The summed E-state index contributed by atoms with van der Waals surface area (Å²) in [5, 5.41) is 2.77. The number of benzene rings is 1. The van der Waals surface area contributed by atoms with Gasteiger partial charge in [0.25, 0.3) is 0 Å². The Bertz CT molecular complexity index is 655. The Morgan fingerprint density at radius 1 is 1.19 bits per heavy atom. The van der Waals surface area contributed by atoms with E-state index >= 15 is 0 Å². The first-order valence-corrected chi connectivity index (χ1v) is 8.39. The van der Waals surface area contributed by atoms with E-state index in [0.29, 0.717) is 5.02 Å². The Morgan fingerprint density at radius 2 is 2.00 bits per heavy atom. The number of halogens is 1. The van der Waals surface area contributed by atoms with Crippen molar-refractivity contribution in [3.8, 4) is 0 Å². The fourth-order valence-electron chi connectivity index (χ4n) is 3.38. The average molecular weight is 319 g/mol. The molecular weight excluding hydrogens is 304 g/mol. The third kappa shape index (κ3) is 2.09. The monoisotopic (exact) mass is 318 g/mol.